The van der Waals surface area contributed by atoms with E-state index >= 15 is 0 Å². The molecule has 3 rings (SSSR count). The normalized spacial score (nSPS) is 44.8. The van der Waals surface area contributed by atoms with Crippen LogP contribution >= 0.6 is 0 Å². The largest absolute Gasteiger partial charge is 0.373 e. The van der Waals surface area contributed by atoms with Gasteiger partial charge in [-0.05, 0) is 43.9 Å². The lowest BCUT2D eigenvalue weighted by molar-refractivity contribution is 0.368. The minimum absolute atomic E-state index is 0. The van der Waals surface area contributed by atoms with Crippen LogP contribution in [0.3, 0.4) is 0 Å². The van der Waals surface area contributed by atoms with E-state index in [1.165, 1.54) is 18.3 Å². The van der Waals surface area contributed by atoms with Crippen molar-refractivity contribution in [2.24, 2.45) is 17.8 Å². The van der Waals surface area contributed by atoms with Gasteiger partial charge in [0.05, 0.1) is 12.7 Å². The first-order valence-electron chi connectivity index (χ1n) is 5.37. The minimum atomic E-state index is 0. The van der Waals surface area contributed by atoms with Crippen LogP contribution in [0.5, 0.6) is 0 Å². The highest BCUT2D eigenvalue weighted by atomic mass is 16.6. The van der Waals surface area contributed by atoms with Crippen molar-refractivity contribution in [2.45, 2.75) is 53.1 Å². The molecule has 0 bridgehead atoms. The van der Waals surface area contributed by atoms with E-state index in [9.17, 15) is 0 Å². The Kier molecular flexibility index (Phi) is 3.78. The van der Waals surface area contributed by atoms with Crippen LogP contribution in [0.1, 0.15) is 47.0 Å². The smallest absolute Gasteiger partial charge is 0.0781 e. The van der Waals surface area contributed by atoms with Crippen molar-refractivity contribution in [2.75, 3.05) is 6.61 Å². The molecule has 0 amide bonds. The number of hydrogen-bond acceptors (Lipinski definition) is 1. The van der Waals surface area contributed by atoms with Crippen molar-refractivity contribution >= 4 is 0 Å². The molecule has 0 aromatic rings. The van der Waals surface area contributed by atoms with E-state index in [4.69, 9.17) is 4.74 Å². The number of fused-ring (bicyclic) bond motifs is 1. The summed E-state index contributed by atoms with van der Waals surface area (Å²) in [6, 6.07) is 0. The van der Waals surface area contributed by atoms with Crippen molar-refractivity contribution in [3.63, 3.8) is 0 Å². The third-order valence-corrected chi connectivity index (χ3v) is 3.30. The van der Waals surface area contributed by atoms with Gasteiger partial charge in [-0.2, -0.15) is 0 Å². The molecule has 78 valence electrons. The maximum atomic E-state index is 4.71. The van der Waals surface area contributed by atoms with Crippen LogP contribution in [0.15, 0.2) is 0 Å². The molecule has 1 heterocycles. The highest BCUT2D eigenvalue weighted by molar-refractivity contribution is 4.91. The second kappa shape index (κ2) is 4.45. The second-order valence-electron chi connectivity index (χ2n) is 4.82. The summed E-state index contributed by atoms with van der Waals surface area (Å²) in [5.74, 6) is 3.42. The minimum Gasteiger partial charge on any atom is -0.373 e. The fourth-order valence-corrected chi connectivity index (χ4v) is 2.18. The zero-order valence-electron chi connectivity index (χ0n) is 8.25. The van der Waals surface area contributed by atoms with Crippen molar-refractivity contribution in [1.82, 2.24) is 0 Å². The lowest BCUT2D eigenvalue weighted by Crippen LogP contribution is -2.03. The monoisotopic (exact) mass is 184 g/mol. The summed E-state index contributed by atoms with van der Waals surface area (Å²) in [6.45, 7) is 5.44. The van der Waals surface area contributed by atoms with Crippen LogP contribution in [0.4, 0.5) is 0 Å². The van der Waals surface area contributed by atoms with Gasteiger partial charge in [-0.3, -0.25) is 0 Å². The maximum Gasteiger partial charge on any atom is 0.0781 e. The lowest BCUT2D eigenvalue weighted by Gasteiger charge is -2.15. The Morgan fingerprint density at radius 1 is 1.00 bits per heavy atom. The molecule has 1 heteroatoms. The van der Waals surface area contributed by atoms with E-state index in [2.05, 4.69) is 13.8 Å². The third-order valence-electron chi connectivity index (χ3n) is 3.30. The first kappa shape index (κ1) is 11.0. The Labute approximate surface area is 82.9 Å². The van der Waals surface area contributed by atoms with Gasteiger partial charge in [-0.25, -0.2) is 0 Å². The van der Waals surface area contributed by atoms with Crippen molar-refractivity contribution in [3.8, 4) is 0 Å². The summed E-state index contributed by atoms with van der Waals surface area (Å²) in [6.07, 6.45) is 6.77. The fourth-order valence-electron chi connectivity index (χ4n) is 2.18. The van der Waals surface area contributed by atoms with E-state index < -0.39 is 0 Å². The third kappa shape index (κ3) is 3.68. The van der Waals surface area contributed by atoms with E-state index in [1.807, 2.05) is 0 Å². The molecule has 2 saturated carbocycles. The lowest BCUT2D eigenvalue weighted by atomic mass is 9.91. The Morgan fingerprint density at radius 3 is 2.00 bits per heavy atom. The van der Waals surface area contributed by atoms with Gasteiger partial charge in [0.1, 0.15) is 0 Å². The molecule has 13 heavy (non-hydrogen) atoms. The first-order chi connectivity index (χ1) is 5.75. The molecule has 0 spiro atoms. The Morgan fingerprint density at radius 2 is 1.62 bits per heavy atom. The average molecular weight is 184 g/mol. The predicted octanol–water partition coefficient (Wildman–Crippen LogP) is 3.48. The molecule has 1 aliphatic heterocycles. The molecule has 1 saturated heterocycles. The summed E-state index contributed by atoms with van der Waals surface area (Å²) in [5.41, 5.74) is 0. The number of rotatable bonds is 0. The van der Waals surface area contributed by atoms with Crippen LogP contribution in [0.25, 0.3) is 0 Å². The van der Waals surface area contributed by atoms with E-state index in [1.54, 1.807) is 19.3 Å². The Balaban J connectivity index is 0.000000146. The standard InChI is InChI=1S/C8H14.C3H6O.CH4/c1-6-2-3-7-5-8(7)4-6;1-3-2-4-3;/h6-8H,2-5H2,1H3;3H,2H2,1H3;1H4. The van der Waals surface area contributed by atoms with Crippen molar-refractivity contribution in [3.05, 3.63) is 0 Å². The first-order valence-corrected chi connectivity index (χ1v) is 5.37. The molecule has 2 aliphatic carbocycles. The SMILES string of the molecule is C.CC1CCC2CC2C1.CC1CO1. The second-order valence-corrected chi connectivity index (χ2v) is 4.82. The quantitative estimate of drug-likeness (QED) is 0.525. The zero-order valence-corrected chi connectivity index (χ0v) is 8.25. The molecule has 3 fully saturated rings. The molecule has 3 aliphatic rings. The van der Waals surface area contributed by atoms with Crippen LogP contribution in [-0.4, -0.2) is 12.7 Å². The highest BCUT2D eigenvalue weighted by Crippen LogP contribution is 2.51. The molecular weight excluding hydrogens is 160 g/mol. The molecule has 0 N–H and O–H groups in total. The van der Waals surface area contributed by atoms with Crippen LogP contribution in [0, 0.1) is 17.8 Å². The fraction of sp³-hybridized carbons (Fsp3) is 1.00. The van der Waals surface area contributed by atoms with Gasteiger partial charge in [0.25, 0.3) is 0 Å². The van der Waals surface area contributed by atoms with Gasteiger partial charge in [-0.1, -0.05) is 20.8 Å². The summed E-state index contributed by atoms with van der Waals surface area (Å²) < 4.78 is 4.71. The van der Waals surface area contributed by atoms with Crippen LogP contribution in [0.2, 0.25) is 0 Å². The highest BCUT2D eigenvalue weighted by Gasteiger charge is 2.40. The molecule has 0 aromatic carbocycles. The van der Waals surface area contributed by atoms with Gasteiger partial charge in [0, 0.05) is 0 Å². The Bertz CT molecular complexity index is 151. The summed E-state index contributed by atoms with van der Waals surface area (Å²) in [7, 11) is 0. The zero-order chi connectivity index (χ0) is 8.55. The number of epoxide rings is 1. The van der Waals surface area contributed by atoms with Gasteiger partial charge in [0.2, 0.25) is 0 Å². The van der Waals surface area contributed by atoms with Crippen LogP contribution < -0.4 is 0 Å². The van der Waals surface area contributed by atoms with E-state index in [0.29, 0.717) is 6.10 Å². The van der Waals surface area contributed by atoms with E-state index in [0.717, 1.165) is 12.5 Å². The molecule has 4 atom stereocenters. The topological polar surface area (TPSA) is 12.5 Å². The average Bonchev–Trinajstić information content (AvgIpc) is 2.86. The number of hydrogen-bond donors (Lipinski definition) is 0. The molecule has 1 nitrogen and oxygen atoms in total. The molecule has 4 unspecified atom stereocenters. The van der Waals surface area contributed by atoms with Crippen molar-refractivity contribution < 1.29 is 4.74 Å². The predicted molar refractivity (Wildman–Crippen MR) is 56.8 cm³/mol. The molecule has 0 aromatic heterocycles. The van der Waals surface area contributed by atoms with Gasteiger partial charge >= 0.3 is 0 Å². The van der Waals surface area contributed by atoms with Gasteiger partial charge in [-0.15, -0.1) is 0 Å². The molecule has 0 radical (unpaired) electrons. The Hall–Kier alpha value is -0.0400. The van der Waals surface area contributed by atoms with E-state index in [-0.39, 0.29) is 7.43 Å². The number of ether oxygens (including phenoxy) is 1. The maximum absolute atomic E-state index is 4.71. The molecular formula is C12H24O. The van der Waals surface area contributed by atoms with Gasteiger partial charge in [0.15, 0.2) is 0 Å². The summed E-state index contributed by atoms with van der Waals surface area (Å²) in [4.78, 5) is 0. The summed E-state index contributed by atoms with van der Waals surface area (Å²) >= 11 is 0. The van der Waals surface area contributed by atoms with Crippen molar-refractivity contribution in [1.29, 1.82) is 0 Å². The van der Waals surface area contributed by atoms with Crippen LogP contribution in [-0.2, 0) is 4.74 Å². The summed E-state index contributed by atoms with van der Waals surface area (Å²) in [5, 5.41) is 0. The van der Waals surface area contributed by atoms with Gasteiger partial charge < -0.3 is 4.74 Å².